The zero-order chi connectivity index (χ0) is 20.4. The number of aromatic carboxylic acids is 1. The molecule has 1 aliphatic rings. The molecule has 0 saturated heterocycles. The van der Waals surface area contributed by atoms with Gasteiger partial charge in [-0.1, -0.05) is 48.5 Å². The van der Waals surface area contributed by atoms with Gasteiger partial charge in [-0.3, -0.25) is 4.98 Å². The highest BCUT2D eigenvalue weighted by Crippen LogP contribution is 2.44. The Labute approximate surface area is 168 Å². The van der Waals surface area contributed by atoms with Crippen molar-refractivity contribution in [1.82, 2.24) is 10.3 Å². The first-order chi connectivity index (χ1) is 14.0. The third-order valence-corrected chi connectivity index (χ3v) is 5.13. The van der Waals surface area contributed by atoms with E-state index in [0.717, 1.165) is 11.1 Å². The lowest BCUT2D eigenvalue weighted by molar-refractivity contribution is 0.0695. The van der Waals surface area contributed by atoms with Crippen LogP contribution in [-0.4, -0.2) is 28.8 Å². The number of carbonyl (C=O) groups excluding carboxylic acids is 1. The van der Waals surface area contributed by atoms with E-state index >= 15 is 0 Å². The van der Waals surface area contributed by atoms with Crippen molar-refractivity contribution in [2.45, 2.75) is 19.4 Å². The van der Waals surface area contributed by atoms with E-state index in [9.17, 15) is 9.59 Å². The number of pyridine rings is 1. The summed E-state index contributed by atoms with van der Waals surface area (Å²) in [7, 11) is 0. The smallest absolute Gasteiger partial charge is 0.407 e. The Morgan fingerprint density at radius 3 is 2.21 bits per heavy atom. The number of hydrogen-bond acceptors (Lipinski definition) is 4. The van der Waals surface area contributed by atoms with Crippen molar-refractivity contribution in [3.8, 4) is 11.1 Å². The van der Waals surface area contributed by atoms with Gasteiger partial charge in [0, 0.05) is 5.92 Å². The molecule has 0 bridgehead atoms. The number of benzene rings is 2. The fraction of sp³-hybridized carbons (Fsp3) is 0.174. The van der Waals surface area contributed by atoms with Crippen LogP contribution in [0.5, 0.6) is 0 Å². The van der Waals surface area contributed by atoms with Crippen LogP contribution >= 0.6 is 0 Å². The molecule has 6 heteroatoms. The molecule has 1 aromatic heterocycles. The summed E-state index contributed by atoms with van der Waals surface area (Å²) in [5.74, 6) is -1.02. The molecule has 2 aromatic carbocycles. The van der Waals surface area contributed by atoms with Gasteiger partial charge in [-0.05, 0) is 41.3 Å². The lowest BCUT2D eigenvalue weighted by atomic mass is 9.98. The van der Waals surface area contributed by atoms with Gasteiger partial charge >= 0.3 is 12.1 Å². The highest BCUT2D eigenvalue weighted by molar-refractivity contribution is 5.88. The lowest BCUT2D eigenvalue weighted by Crippen LogP contribution is -2.26. The Balaban J connectivity index is 1.39. The second-order valence-electron chi connectivity index (χ2n) is 6.92. The minimum atomic E-state index is -1.02. The van der Waals surface area contributed by atoms with E-state index in [1.165, 1.54) is 17.2 Å². The molecule has 0 atom stereocenters. The van der Waals surface area contributed by atoms with E-state index in [2.05, 4.69) is 34.6 Å². The van der Waals surface area contributed by atoms with Gasteiger partial charge in [-0.15, -0.1) is 0 Å². The fourth-order valence-electron chi connectivity index (χ4n) is 3.75. The maximum atomic E-state index is 12.2. The third kappa shape index (κ3) is 3.69. The van der Waals surface area contributed by atoms with Gasteiger partial charge in [-0.2, -0.15) is 0 Å². The first kappa shape index (κ1) is 18.7. The minimum Gasteiger partial charge on any atom is -0.478 e. The summed E-state index contributed by atoms with van der Waals surface area (Å²) >= 11 is 0. The van der Waals surface area contributed by atoms with Crippen molar-refractivity contribution in [2.75, 3.05) is 6.61 Å². The highest BCUT2D eigenvalue weighted by atomic mass is 16.5. The molecular weight excluding hydrogens is 368 g/mol. The van der Waals surface area contributed by atoms with Crippen LogP contribution in [0.1, 0.15) is 38.8 Å². The van der Waals surface area contributed by atoms with Crippen LogP contribution in [0.3, 0.4) is 0 Å². The van der Waals surface area contributed by atoms with E-state index in [4.69, 9.17) is 9.84 Å². The van der Waals surface area contributed by atoms with Gasteiger partial charge in [0.2, 0.25) is 0 Å². The molecule has 0 unspecified atom stereocenters. The first-order valence-electron chi connectivity index (χ1n) is 9.33. The number of ether oxygens (including phenoxy) is 1. The molecule has 3 aromatic rings. The number of rotatable bonds is 5. The maximum absolute atomic E-state index is 12.2. The van der Waals surface area contributed by atoms with Crippen molar-refractivity contribution in [3.63, 3.8) is 0 Å². The largest absolute Gasteiger partial charge is 0.478 e. The zero-order valence-electron chi connectivity index (χ0n) is 15.9. The van der Waals surface area contributed by atoms with Gasteiger partial charge in [0.05, 0.1) is 23.5 Å². The molecule has 0 saturated carbocycles. The molecule has 29 heavy (non-hydrogen) atoms. The summed E-state index contributed by atoms with van der Waals surface area (Å²) < 4.78 is 5.48. The predicted octanol–water partition coefficient (Wildman–Crippen LogP) is 4.13. The molecule has 1 heterocycles. The van der Waals surface area contributed by atoms with Crippen LogP contribution in [0.2, 0.25) is 0 Å². The van der Waals surface area contributed by atoms with Crippen LogP contribution in [0, 0.1) is 6.92 Å². The standard InChI is InChI=1S/C23H20N2O4/c1-14-16(22(26)27)11-10-15(25-14)12-24-23(28)29-13-21-19-8-4-2-6-17(19)18-7-3-5-9-20(18)21/h2-11,21H,12-13H2,1H3,(H,24,28)(H,26,27). The second-order valence-corrected chi connectivity index (χ2v) is 6.92. The SMILES string of the molecule is Cc1nc(CNC(=O)OCC2c3ccccc3-c3ccccc32)ccc1C(=O)O. The Kier molecular flexibility index (Phi) is 4.99. The zero-order valence-corrected chi connectivity index (χ0v) is 15.9. The molecule has 1 amide bonds. The van der Waals surface area contributed by atoms with E-state index < -0.39 is 12.1 Å². The summed E-state index contributed by atoms with van der Waals surface area (Å²) in [6.07, 6.45) is -0.534. The molecule has 4 rings (SSSR count). The van der Waals surface area contributed by atoms with Crippen molar-refractivity contribution in [1.29, 1.82) is 0 Å². The van der Waals surface area contributed by atoms with Gasteiger partial charge in [-0.25, -0.2) is 9.59 Å². The Morgan fingerprint density at radius 1 is 1.00 bits per heavy atom. The number of carboxylic acids is 1. The molecule has 0 aliphatic heterocycles. The third-order valence-electron chi connectivity index (χ3n) is 5.13. The number of alkyl carbamates (subject to hydrolysis) is 1. The molecule has 6 nitrogen and oxygen atoms in total. The molecule has 1 aliphatic carbocycles. The second kappa shape index (κ2) is 7.75. The molecule has 0 radical (unpaired) electrons. The number of nitrogens with zero attached hydrogens (tertiary/aromatic N) is 1. The van der Waals surface area contributed by atoms with E-state index in [1.54, 1.807) is 13.0 Å². The van der Waals surface area contributed by atoms with Gasteiger partial charge in [0.25, 0.3) is 0 Å². The highest BCUT2D eigenvalue weighted by Gasteiger charge is 2.28. The number of carbonyl (C=O) groups is 2. The average Bonchev–Trinajstić information content (AvgIpc) is 3.04. The van der Waals surface area contributed by atoms with Gasteiger partial charge in [0.15, 0.2) is 0 Å². The summed E-state index contributed by atoms with van der Waals surface area (Å²) in [5.41, 5.74) is 5.79. The van der Waals surface area contributed by atoms with Crippen LogP contribution in [0.4, 0.5) is 4.79 Å². The number of amides is 1. The molecule has 0 spiro atoms. The maximum Gasteiger partial charge on any atom is 0.407 e. The first-order valence-corrected chi connectivity index (χ1v) is 9.33. The molecular formula is C23H20N2O4. The summed E-state index contributed by atoms with van der Waals surface area (Å²) in [6, 6.07) is 19.4. The molecule has 2 N–H and O–H groups in total. The number of aromatic nitrogens is 1. The fourth-order valence-corrected chi connectivity index (χ4v) is 3.75. The van der Waals surface area contributed by atoms with E-state index in [-0.39, 0.29) is 24.6 Å². The summed E-state index contributed by atoms with van der Waals surface area (Å²) in [6.45, 7) is 2.03. The minimum absolute atomic E-state index is 0.00312. The van der Waals surface area contributed by atoms with Crippen molar-refractivity contribution in [3.05, 3.63) is 88.7 Å². The van der Waals surface area contributed by atoms with Crippen LogP contribution in [0.15, 0.2) is 60.7 Å². The molecule has 146 valence electrons. The van der Waals surface area contributed by atoms with Crippen LogP contribution in [-0.2, 0) is 11.3 Å². The van der Waals surface area contributed by atoms with Gasteiger partial charge in [0.1, 0.15) is 6.61 Å². The Bertz CT molecular complexity index is 1050. The predicted molar refractivity (Wildman–Crippen MR) is 108 cm³/mol. The van der Waals surface area contributed by atoms with Crippen LogP contribution < -0.4 is 5.32 Å². The summed E-state index contributed by atoms with van der Waals surface area (Å²) in [5, 5.41) is 11.7. The number of nitrogens with one attached hydrogen (secondary N) is 1. The average molecular weight is 388 g/mol. The van der Waals surface area contributed by atoms with E-state index in [1.807, 2.05) is 24.3 Å². The lowest BCUT2D eigenvalue weighted by Gasteiger charge is -2.14. The Morgan fingerprint density at radius 2 is 1.62 bits per heavy atom. The topological polar surface area (TPSA) is 88.5 Å². The van der Waals surface area contributed by atoms with E-state index in [0.29, 0.717) is 11.4 Å². The van der Waals surface area contributed by atoms with Crippen molar-refractivity contribution in [2.24, 2.45) is 0 Å². The molecule has 0 fully saturated rings. The summed E-state index contributed by atoms with van der Waals surface area (Å²) in [4.78, 5) is 27.5. The number of fused-ring (bicyclic) bond motifs is 3. The normalized spacial score (nSPS) is 12.2. The number of hydrogen-bond donors (Lipinski definition) is 2. The van der Waals surface area contributed by atoms with Crippen molar-refractivity contribution < 1.29 is 19.4 Å². The van der Waals surface area contributed by atoms with Gasteiger partial charge < -0.3 is 15.2 Å². The van der Waals surface area contributed by atoms with Crippen molar-refractivity contribution >= 4 is 12.1 Å². The number of carboxylic acid groups (broad SMARTS) is 1. The quantitative estimate of drug-likeness (QED) is 0.686. The Hall–Kier alpha value is -3.67. The van der Waals surface area contributed by atoms with Crippen LogP contribution in [0.25, 0.3) is 11.1 Å². The number of aryl methyl sites for hydroxylation is 1. The monoisotopic (exact) mass is 388 g/mol.